The molecule has 0 spiro atoms. The highest BCUT2D eigenvalue weighted by molar-refractivity contribution is 7.92. The van der Waals surface area contributed by atoms with Crippen LogP contribution in [0, 0.1) is 0 Å². The third-order valence-corrected chi connectivity index (χ3v) is 5.04. The van der Waals surface area contributed by atoms with Crippen molar-refractivity contribution < 1.29 is 18.0 Å². The second-order valence-electron chi connectivity index (χ2n) is 5.78. The summed E-state index contributed by atoms with van der Waals surface area (Å²) in [6.45, 7) is 1.33. The SMILES string of the molecule is CC(=O)c1ccc(N(CC(=O)NCc2ccc(Cl)cc2)S(C)(=O)=O)cc1. The van der Waals surface area contributed by atoms with Crippen molar-refractivity contribution >= 4 is 39.0 Å². The number of anilines is 1. The monoisotopic (exact) mass is 394 g/mol. The molecule has 8 heteroatoms. The van der Waals surface area contributed by atoms with E-state index >= 15 is 0 Å². The molecule has 0 saturated carbocycles. The molecule has 0 atom stereocenters. The number of nitrogens with one attached hydrogen (secondary N) is 1. The maximum absolute atomic E-state index is 12.2. The Hall–Kier alpha value is -2.38. The molecule has 6 nitrogen and oxygen atoms in total. The molecular weight excluding hydrogens is 376 g/mol. The minimum absolute atomic E-state index is 0.122. The molecule has 0 heterocycles. The summed E-state index contributed by atoms with van der Waals surface area (Å²) >= 11 is 5.81. The fourth-order valence-electron chi connectivity index (χ4n) is 2.25. The van der Waals surface area contributed by atoms with Crippen molar-refractivity contribution in [2.75, 3.05) is 17.1 Å². The smallest absolute Gasteiger partial charge is 0.241 e. The van der Waals surface area contributed by atoms with Gasteiger partial charge in [0.2, 0.25) is 15.9 Å². The van der Waals surface area contributed by atoms with E-state index in [0.717, 1.165) is 16.1 Å². The Bertz CT molecular complexity index is 894. The van der Waals surface area contributed by atoms with Gasteiger partial charge in [0, 0.05) is 17.1 Å². The average molecular weight is 395 g/mol. The van der Waals surface area contributed by atoms with Crippen LogP contribution < -0.4 is 9.62 Å². The Morgan fingerprint density at radius 1 is 1.04 bits per heavy atom. The van der Waals surface area contributed by atoms with Crippen LogP contribution in [0.1, 0.15) is 22.8 Å². The second-order valence-corrected chi connectivity index (χ2v) is 8.12. The number of carbonyl (C=O) groups is 2. The summed E-state index contributed by atoms with van der Waals surface area (Å²) in [7, 11) is -3.66. The van der Waals surface area contributed by atoms with Gasteiger partial charge in [-0.15, -0.1) is 0 Å². The molecule has 0 bridgehead atoms. The number of carbonyl (C=O) groups excluding carboxylic acids is 2. The van der Waals surface area contributed by atoms with Crippen LogP contribution in [-0.4, -0.2) is 32.9 Å². The molecule has 1 N–H and O–H groups in total. The number of Topliss-reactive ketones (excluding diaryl/α,β-unsaturated/α-hetero) is 1. The third-order valence-electron chi connectivity index (χ3n) is 3.65. The number of hydrogen-bond acceptors (Lipinski definition) is 4. The Balaban J connectivity index is 2.08. The minimum Gasteiger partial charge on any atom is -0.350 e. The van der Waals surface area contributed by atoms with E-state index in [9.17, 15) is 18.0 Å². The minimum atomic E-state index is -3.66. The van der Waals surface area contributed by atoms with Crippen molar-refractivity contribution in [3.63, 3.8) is 0 Å². The number of halogens is 1. The lowest BCUT2D eigenvalue weighted by Crippen LogP contribution is -2.40. The van der Waals surface area contributed by atoms with Gasteiger partial charge in [-0.3, -0.25) is 13.9 Å². The zero-order valence-electron chi connectivity index (χ0n) is 14.4. The summed E-state index contributed by atoms with van der Waals surface area (Å²) < 4.78 is 25.1. The number of rotatable bonds is 7. The molecule has 0 aliphatic heterocycles. The van der Waals surface area contributed by atoms with Crippen LogP contribution >= 0.6 is 11.6 Å². The second kappa shape index (κ2) is 8.33. The molecule has 0 aliphatic carbocycles. The summed E-state index contributed by atoms with van der Waals surface area (Å²) in [5, 5.41) is 3.27. The van der Waals surface area contributed by atoms with Gasteiger partial charge in [-0.05, 0) is 48.9 Å². The molecule has 0 aliphatic rings. The van der Waals surface area contributed by atoms with Crippen LogP contribution in [0.15, 0.2) is 48.5 Å². The van der Waals surface area contributed by atoms with Gasteiger partial charge in [0.1, 0.15) is 6.54 Å². The van der Waals surface area contributed by atoms with Gasteiger partial charge >= 0.3 is 0 Å². The number of benzene rings is 2. The number of ketones is 1. The van der Waals surface area contributed by atoms with Crippen molar-refractivity contribution in [1.29, 1.82) is 0 Å². The Morgan fingerprint density at radius 2 is 1.62 bits per heavy atom. The number of amides is 1. The quantitative estimate of drug-likeness (QED) is 0.731. The average Bonchev–Trinajstić information content (AvgIpc) is 2.58. The zero-order chi connectivity index (χ0) is 19.3. The highest BCUT2D eigenvalue weighted by Gasteiger charge is 2.20. The van der Waals surface area contributed by atoms with E-state index in [-0.39, 0.29) is 18.9 Å². The molecule has 0 radical (unpaired) electrons. The van der Waals surface area contributed by atoms with Crippen molar-refractivity contribution in [3.8, 4) is 0 Å². The molecule has 0 unspecified atom stereocenters. The first-order valence-corrected chi connectivity index (χ1v) is 9.99. The van der Waals surface area contributed by atoms with Gasteiger partial charge in [0.25, 0.3) is 0 Å². The van der Waals surface area contributed by atoms with Crippen LogP contribution in [0.3, 0.4) is 0 Å². The van der Waals surface area contributed by atoms with E-state index in [1.54, 1.807) is 24.3 Å². The summed E-state index contributed by atoms with van der Waals surface area (Å²) in [6.07, 6.45) is 1.03. The first-order chi connectivity index (χ1) is 12.2. The van der Waals surface area contributed by atoms with E-state index in [2.05, 4.69) is 5.32 Å². The molecule has 26 heavy (non-hydrogen) atoms. The molecule has 2 rings (SSSR count). The first kappa shape index (κ1) is 19.9. The lowest BCUT2D eigenvalue weighted by Gasteiger charge is -2.22. The largest absolute Gasteiger partial charge is 0.350 e. The van der Waals surface area contributed by atoms with E-state index in [4.69, 9.17) is 11.6 Å². The zero-order valence-corrected chi connectivity index (χ0v) is 16.0. The molecule has 0 fully saturated rings. The maximum atomic E-state index is 12.2. The molecule has 2 aromatic rings. The Kier molecular flexibility index (Phi) is 6.39. The highest BCUT2D eigenvalue weighted by Crippen LogP contribution is 2.18. The number of nitrogens with zero attached hydrogens (tertiary/aromatic N) is 1. The molecular formula is C18H19ClN2O4S. The Morgan fingerprint density at radius 3 is 2.12 bits per heavy atom. The van der Waals surface area contributed by atoms with Crippen LogP contribution in [0.5, 0.6) is 0 Å². The van der Waals surface area contributed by atoms with Crippen LogP contribution in [0.4, 0.5) is 5.69 Å². The van der Waals surface area contributed by atoms with Crippen LogP contribution in [0.2, 0.25) is 5.02 Å². The summed E-state index contributed by atoms with van der Waals surface area (Å²) in [6, 6.07) is 13.0. The molecule has 1 amide bonds. The van der Waals surface area contributed by atoms with Crippen LogP contribution in [0.25, 0.3) is 0 Å². The third kappa shape index (κ3) is 5.57. The van der Waals surface area contributed by atoms with E-state index in [1.165, 1.54) is 31.2 Å². The van der Waals surface area contributed by atoms with E-state index in [1.807, 2.05) is 0 Å². The van der Waals surface area contributed by atoms with Crippen molar-refractivity contribution in [2.24, 2.45) is 0 Å². The lowest BCUT2D eigenvalue weighted by molar-refractivity contribution is -0.119. The fraction of sp³-hybridized carbons (Fsp3) is 0.222. The summed E-state index contributed by atoms with van der Waals surface area (Å²) in [5.41, 5.74) is 1.63. The van der Waals surface area contributed by atoms with Gasteiger partial charge in [0.15, 0.2) is 5.78 Å². The van der Waals surface area contributed by atoms with Gasteiger partial charge in [-0.1, -0.05) is 23.7 Å². The standard InChI is InChI=1S/C18H19ClN2O4S/c1-13(22)15-5-9-17(10-6-15)21(26(2,24)25)12-18(23)20-11-14-3-7-16(19)8-4-14/h3-10H,11-12H2,1-2H3,(H,20,23). The molecule has 2 aromatic carbocycles. The van der Waals surface area contributed by atoms with E-state index < -0.39 is 15.9 Å². The summed E-state index contributed by atoms with van der Waals surface area (Å²) in [4.78, 5) is 23.5. The predicted molar refractivity (Wildman–Crippen MR) is 102 cm³/mol. The van der Waals surface area contributed by atoms with Crippen LogP contribution in [-0.2, 0) is 21.4 Å². The summed E-state index contributed by atoms with van der Waals surface area (Å²) in [5.74, 6) is -0.566. The lowest BCUT2D eigenvalue weighted by atomic mass is 10.1. The number of sulfonamides is 1. The topological polar surface area (TPSA) is 83.6 Å². The molecule has 138 valence electrons. The van der Waals surface area contributed by atoms with Crippen molar-refractivity contribution in [2.45, 2.75) is 13.5 Å². The highest BCUT2D eigenvalue weighted by atomic mass is 35.5. The first-order valence-electron chi connectivity index (χ1n) is 7.76. The predicted octanol–water partition coefficient (Wildman–Crippen LogP) is 2.63. The van der Waals surface area contributed by atoms with Crippen molar-refractivity contribution in [3.05, 3.63) is 64.7 Å². The molecule has 0 saturated heterocycles. The normalized spacial score (nSPS) is 11.0. The Labute approximate surface area is 157 Å². The molecule has 0 aromatic heterocycles. The van der Waals surface area contributed by atoms with Gasteiger partial charge in [0.05, 0.1) is 11.9 Å². The van der Waals surface area contributed by atoms with Gasteiger partial charge in [-0.2, -0.15) is 0 Å². The van der Waals surface area contributed by atoms with Gasteiger partial charge < -0.3 is 5.32 Å². The van der Waals surface area contributed by atoms with Crippen molar-refractivity contribution in [1.82, 2.24) is 5.32 Å². The van der Waals surface area contributed by atoms with E-state index in [0.29, 0.717) is 16.3 Å². The number of hydrogen-bond donors (Lipinski definition) is 1. The fourth-order valence-corrected chi connectivity index (χ4v) is 3.23. The van der Waals surface area contributed by atoms with Gasteiger partial charge in [-0.25, -0.2) is 8.42 Å². The maximum Gasteiger partial charge on any atom is 0.241 e.